The molecule has 0 aliphatic carbocycles. The first-order chi connectivity index (χ1) is 7.74. The van der Waals surface area contributed by atoms with Gasteiger partial charge in [0, 0.05) is 13.1 Å². The summed E-state index contributed by atoms with van der Waals surface area (Å²) in [6.07, 6.45) is 3.52. The van der Waals surface area contributed by atoms with Gasteiger partial charge in [0.05, 0.1) is 18.8 Å². The van der Waals surface area contributed by atoms with E-state index in [1.807, 2.05) is 18.9 Å². The molecule has 6 nitrogen and oxygen atoms in total. The summed E-state index contributed by atoms with van der Waals surface area (Å²) in [5.41, 5.74) is 1.44. The normalized spacial score (nSPS) is 12.3. The van der Waals surface area contributed by atoms with E-state index >= 15 is 0 Å². The van der Waals surface area contributed by atoms with Crippen LogP contribution in [0.2, 0.25) is 0 Å². The summed E-state index contributed by atoms with van der Waals surface area (Å²) in [6, 6.07) is 2.25. The van der Waals surface area contributed by atoms with Crippen LogP contribution in [0.1, 0.15) is 13.3 Å². The molecule has 0 fully saturated rings. The van der Waals surface area contributed by atoms with E-state index in [2.05, 4.69) is 26.0 Å². The number of H-pyrrole nitrogens is 1. The van der Waals surface area contributed by atoms with Crippen molar-refractivity contribution in [3.05, 3.63) is 12.7 Å². The highest BCUT2D eigenvalue weighted by Crippen LogP contribution is 2.20. The average molecular weight is 216 g/mol. The Labute approximate surface area is 93.0 Å². The van der Waals surface area contributed by atoms with Crippen LogP contribution in [-0.2, 0) is 0 Å². The van der Waals surface area contributed by atoms with Gasteiger partial charge in [-0.2, -0.15) is 5.26 Å². The van der Waals surface area contributed by atoms with E-state index < -0.39 is 0 Å². The van der Waals surface area contributed by atoms with E-state index in [-0.39, 0.29) is 6.04 Å². The molecule has 1 unspecified atom stereocenters. The lowest BCUT2D eigenvalue weighted by Gasteiger charge is -2.23. The molecular formula is C10H12N6. The number of hydrogen-bond acceptors (Lipinski definition) is 5. The maximum atomic E-state index is 8.68. The summed E-state index contributed by atoms with van der Waals surface area (Å²) in [4.78, 5) is 17.3. The van der Waals surface area contributed by atoms with Crippen LogP contribution in [0.4, 0.5) is 5.82 Å². The summed E-state index contributed by atoms with van der Waals surface area (Å²) < 4.78 is 0. The maximum absolute atomic E-state index is 8.68. The van der Waals surface area contributed by atoms with Crippen LogP contribution in [0.5, 0.6) is 0 Å². The van der Waals surface area contributed by atoms with E-state index in [4.69, 9.17) is 5.26 Å². The maximum Gasteiger partial charge on any atom is 0.182 e. The van der Waals surface area contributed by atoms with Crippen LogP contribution in [0.25, 0.3) is 11.2 Å². The second-order valence-electron chi connectivity index (χ2n) is 3.62. The number of anilines is 1. The van der Waals surface area contributed by atoms with Gasteiger partial charge in [-0.15, -0.1) is 0 Å². The molecule has 0 aliphatic heterocycles. The minimum atomic E-state index is 0.103. The first kappa shape index (κ1) is 10.4. The number of nitrogens with one attached hydrogen (secondary N) is 1. The van der Waals surface area contributed by atoms with Crippen LogP contribution < -0.4 is 4.90 Å². The van der Waals surface area contributed by atoms with Gasteiger partial charge in [-0.25, -0.2) is 15.0 Å². The van der Waals surface area contributed by atoms with Crippen molar-refractivity contribution in [1.29, 1.82) is 5.26 Å². The molecule has 0 aliphatic rings. The van der Waals surface area contributed by atoms with Crippen molar-refractivity contribution in [3.8, 4) is 6.07 Å². The third kappa shape index (κ3) is 1.67. The Morgan fingerprint density at radius 2 is 2.31 bits per heavy atom. The van der Waals surface area contributed by atoms with Crippen molar-refractivity contribution in [3.63, 3.8) is 0 Å². The van der Waals surface area contributed by atoms with Gasteiger partial charge >= 0.3 is 0 Å². The highest BCUT2D eigenvalue weighted by molar-refractivity contribution is 5.82. The monoisotopic (exact) mass is 216 g/mol. The zero-order chi connectivity index (χ0) is 11.5. The number of nitrogens with zero attached hydrogens (tertiary/aromatic N) is 5. The average Bonchev–Trinajstić information content (AvgIpc) is 2.76. The summed E-state index contributed by atoms with van der Waals surface area (Å²) in [7, 11) is 1.91. The summed E-state index contributed by atoms with van der Waals surface area (Å²) in [5.74, 6) is 0.769. The molecule has 2 rings (SSSR count). The summed E-state index contributed by atoms with van der Waals surface area (Å²) in [5, 5.41) is 8.68. The molecule has 0 saturated carbocycles. The molecular weight excluding hydrogens is 204 g/mol. The van der Waals surface area contributed by atoms with Gasteiger partial charge in [-0.3, -0.25) is 0 Å². The van der Waals surface area contributed by atoms with E-state index in [9.17, 15) is 0 Å². The minimum Gasteiger partial charge on any atom is -0.354 e. The number of hydrogen-bond donors (Lipinski definition) is 1. The molecule has 0 bridgehead atoms. The fraction of sp³-hybridized carbons (Fsp3) is 0.400. The fourth-order valence-electron chi connectivity index (χ4n) is 1.50. The number of aromatic nitrogens is 4. The topological polar surface area (TPSA) is 81.5 Å². The summed E-state index contributed by atoms with van der Waals surface area (Å²) >= 11 is 0. The molecule has 0 aromatic carbocycles. The van der Waals surface area contributed by atoms with Crippen molar-refractivity contribution in [2.75, 3.05) is 11.9 Å². The number of rotatable bonds is 3. The quantitative estimate of drug-likeness (QED) is 0.830. The van der Waals surface area contributed by atoms with Crippen molar-refractivity contribution in [2.24, 2.45) is 0 Å². The number of imidazole rings is 1. The van der Waals surface area contributed by atoms with Crippen molar-refractivity contribution >= 4 is 17.0 Å². The van der Waals surface area contributed by atoms with Crippen molar-refractivity contribution in [1.82, 2.24) is 19.9 Å². The Hall–Kier alpha value is -2.16. The minimum absolute atomic E-state index is 0.103. The van der Waals surface area contributed by atoms with Crippen LogP contribution in [0.15, 0.2) is 12.7 Å². The lowest BCUT2D eigenvalue weighted by molar-refractivity contribution is 0.695. The zero-order valence-electron chi connectivity index (χ0n) is 9.18. The molecule has 2 aromatic heterocycles. The molecule has 2 aromatic rings. The fourth-order valence-corrected chi connectivity index (χ4v) is 1.50. The van der Waals surface area contributed by atoms with Crippen molar-refractivity contribution < 1.29 is 0 Å². The number of fused-ring (bicyclic) bond motifs is 1. The molecule has 16 heavy (non-hydrogen) atoms. The molecule has 6 heteroatoms. The van der Waals surface area contributed by atoms with Crippen molar-refractivity contribution in [2.45, 2.75) is 19.4 Å². The zero-order valence-corrected chi connectivity index (χ0v) is 9.18. The molecule has 1 atom stereocenters. The van der Waals surface area contributed by atoms with Crippen LogP contribution >= 0.6 is 0 Å². The van der Waals surface area contributed by atoms with Gasteiger partial charge in [-0.05, 0) is 6.92 Å². The molecule has 82 valence electrons. The molecule has 0 radical (unpaired) electrons. The highest BCUT2D eigenvalue weighted by atomic mass is 15.2. The van der Waals surface area contributed by atoms with E-state index in [1.54, 1.807) is 6.33 Å². The molecule has 0 spiro atoms. The molecule has 2 heterocycles. The first-order valence-corrected chi connectivity index (χ1v) is 4.98. The van der Waals surface area contributed by atoms with E-state index in [0.717, 1.165) is 11.3 Å². The second kappa shape index (κ2) is 4.14. The molecule has 1 N–H and O–H groups in total. The third-order valence-electron chi connectivity index (χ3n) is 2.58. The van der Waals surface area contributed by atoms with E-state index in [1.165, 1.54) is 6.33 Å². The van der Waals surface area contributed by atoms with Crippen LogP contribution in [-0.4, -0.2) is 33.0 Å². The lowest BCUT2D eigenvalue weighted by atomic mass is 10.2. The number of aromatic amines is 1. The SMILES string of the molecule is CC(CC#N)N(C)c1ncnc2nc[nH]c12. The Balaban J connectivity index is 2.39. The third-order valence-corrected chi connectivity index (χ3v) is 2.58. The van der Waals surface area contributed by atoms with Gasteiger partial charge in [0.15, 0.2) is 11.5 Å². The predicted molar refractivity (Wildman–Crippen MR) is 59.8 cm³/mol. The van der Waals surface area contributed by atoms with Gasteiger partial charge in [-0.1, -0.05) is 0 Å². The van der Waals surface area contributed by atoms with E-state index in [0.29, 0.717) is 12.1 Å². The summed E-state index contributed by atoms with van der Waals surface area (Å²) in [6.45, 7) is 1.98. The molecule has 0 saturated heterocycles. The Bertz CT molecular complexity index is 525. The van der Waals surface area contributed by atoms with Gasteiger partial charge in [0.25, 0.3) is 0 Å². The van der Waals surface area contributed by atoms with Gasteiger partial charge in [0.1, 0.15) is 11.8 Å². The second-order valence-corrected chi connectivity index (χ2v) is 3.62. The Morgan fingerprint density at radius 3 is 3.06 bits per heavy atom. The van der Waals surface area contributed by atoms with Crippen LogP contribution in [0.3, 0.4) is 0 Å². The standard InChI is InChI=1S/C10H12N6/c1-7(3-4-11)16(2)10-8-9(13-5-12-8)14-6-15-10/h5-7H,3H2,1-2H3,(H,12,13,14,15). The lowest BCUT2D eigenvalue weighted by Crippen LogP contribution is -2.29. The Kier molecular flexibility index (Phi) is 2.68. The van der Waals surface area contributed by atoms with Crippen LogP contribution in [0, 0.1) is 11.3 Å². The first-order valence-electron chi connectivity index (χ1n) is 4.98. The van der Waals surface area contributed by atoms with Gasteiger partial charge < -0.3 is 9.88 Å². The smallest absolute Gasteiger partial charge is 0.182 e. The largest absolute Gasteiger partial charge is 0.354 e. The Morgan fingerprint density at radius 1 is 1.50 bits per heavy atom. The predicted octanol–water partition coefficient (Wildman–Crippen LogP) is 1.09. The molecule has 0 amide bonds. The highest BCUT2D eigenvalue weighted by Gasteiger charge is 2.15. The number of nitriles is 1. The van der Waals surface area contributed by atoms with Gasteiger partial charge in [0.2, 0.25) is 0 Å².